The number of carboxylic acids is 1. The lowest BCUT2D eigenvalue weighted by atomic mass is 10.1. The van der Waals surface area contributed by atoms with Gasteiger partial charge in [0.05, 0.1) is 11.7 Å². The van der Waals surface area contributed by atoms with E-state index in [2.05, 4.69) is 0 Å². The molecule has 0 spiro atoms. The van der Waals surface area contributed by atoms with Crippen molar-refractivity contribution in [3.05, 3.63) is 24.3 Å². The Morgan fingerprint density at radius 2 is 2.05 bits per heavy atom. The number of rotatable bonds is 3. The van der Waals surface area contributed by atoms with Gasteiger partial charge in [-0.25, -0.2) is 4.79 Å². The minimum absolute atomic E-state index is 0.0323. The fourth-order valence-corrected chi connectivity index (χ4v) is 2.30. The third kappa shape index (κ3) is 3.90. The second kappa shape index (κ2) is 6.25. The van der Waals surface area contributed by atoms with Crippen LogP contribution in [0.15, 0.2) is 24.3 Å². The summed E-state index contributed by atoms with van der Waals surface area (Å²) in [7, 11) is 0. The zero-order valence-corrected chi connectivity index (χ0v) is 13.0. The summed E-state index contributed by atoms with van der Waals surface area (Å²) < 4.78 is 11.1. The minimum atomic E-state index is -0.900. The number of carboxylic acid groups (broad SMARTS) is 1. The van der Waals surface area contributed by atoms with E-state index >= 15 is 0 Å². The SMILES string of the molecule is CC(C)(C)OC(=O)N1c2ccccc2OCC1CCC(=O)O. The van der Waals surface area contributed by atoms with Gasteiger partial charge >= 0.3 is 12.1 Å². The summed E-state index contributed by atoms with van der Waals surface area (Å²) in [5.74, 6) is -0.303. The predicted molar refractivity (Wildman–Crippen MR) is 81.3 cm³/mol. The highest BCUT2D eigenvalue weighted by Gasteiger charge is 2.35. The van der Waals surface area contributed by atoms with Crippen LogP contribution in [-0.4, -0.2) is 35.4 Å². The van der Waals surface area contributed by atoms with Crippen LogP contribution in [0.2, 0.25) is 0 Å². The van der Waals surface area contributed by atoms with Crippen LogP contribution in [0.4, 0.5) is 10.5 Å². The van der Waals surface area contributed by atoms with Crippen LogP contribution in [-0.2, 0) is 9.53 Å². The summed E-state index contributed by atoms with van der Waals surface area (Å²) in [5, 5.41) is 8.88. The van der Waals surface area contributed by atoms with E-state index in [4.69, 9.17) is 14.6 Å². The van der Waals surface area contributed by atoms with Crippen LogP contribution in [0.5, 0.6) is 5.75 Å². The Kier molecular flexibility index (Phi) is 4.59. The molecule has 1 atom stereocenters. The van der Waals surface area contributed by atoms with Crippen molar-refractivity contribution >= 4 is 17.7 Å². The Morgan fingerprint density at radius 1 is 1.36 bits per heavy atom. The first-order valence-corrected chi connectivity index (χ1v) is 7.24. The van der Waals surface area contributed by atoms with Crippen LogP contribution < -0.4 is 9.64 Å². The molecule has 0 aromatic heterocycles. The molecule has 1 unspecified atom stereocenters. The molecule has 1 amide bonds. The normalized spacial score (nSPS) is 17.4. The van der Waals surface area contributed by atoms with Gasteiger partial charge in [-0.3, -0.25) is 9.69 Å². The van der Waals surface area contributed by atoms with Gasteiger partial charge in [0.2, 0.25) is 0 Å². The molecule has 0 saturated heterocycles. The number of carbonyl (C=O) groups is 2. The Labute approximate surface area is 129 Å². The molecule has 1 aromatic rings. The standard InChI is InChI=1S/C16H21NO5/c1-16(2,3)22-15(20)17-11(8-9-14(18)19)10-21-13-7-5-4-6-12(13)17/h4-7,11H,8-10H2,1-3H3,(H,18,19). The number of carbonyl (C=O) groups excluding carboxylic acids is 1. The fourth-order valence-electron chi connectivity index (χ4n) is 2.30. The number of hydrogen-bond donors (Lipinski definition) is 1. The molecule has 1 aliphatic heterocycles. The van der Waals surface area contributed by atoms with Gasteiger partial charge in [0.1, 0.15) is 18.0 Å². The summed E-state index contributed by atoms with van der Waals surface area (Å²) in [4.78, 5) is 24.9. The Bertz CT molecular complexity index is 564. The van der Waals surface area contributed by atoms with E-state index in [1.165, 1.54) is 4.90 Å². The largest absolute Gasteiger partial charge is 0.489 e. The van der Waals surface area contributed by atoms with Crippen molar-refractivity contribution < 1.29 is 24.2 Å². The molecule has 120 valence electrons. The summed E-state index contributed by atoms with van der Waals surface area (Å²) in [6, 6.07) is 6.82. The van der Waals surface area contributed by atoms with Crippen molar-refractivity contribution in [3.63, 3.8) is 0 Å². The minimum Gasteiger partial charge on any atom is -0.489 e. The summed E-state index contributed by atoms with van der Waals surface area (Å²) in [5.41, 5.74) is -0.0137. The molecule has 2 rings (SSSR count). The van der Waals surface area contributed by atoms with Crippen LogP contribution in [0.25, 0.3) is 0 Å². The van der Waals surface area contributed by atoms with Crippen molar-refractivity contribution in [3.8, 4) is 5.75 Å². The third-order valence-electron chi connectivity index (χ3n) is 3.20. The predicted octanol–water partition coefficient (Wildman–Crippen LogP) is 3.05. The molecule has 1 aromatic carbocycles. The molecular formula is C16H21NO5. The molecule has 6 nitrogen and oxygen atoms in total. The first kappa shape index (κ1) is 16.1. The van der Waals surface area contributed by atoms with E-state index in [1.807, 2.05) is 6.07 Å². The lowest BCUT2D eigenvalue weighted by Crippen LogP contribution is -2.49. The number of amides is 1. The Morgan fingerprint density at radius 3 is 2.68 bits per heavy atom. The molecule has 1 heterocycles. The molecule has 0 aliphatic carbocycles. The van der Waals surface area contributed by atoms with E-state index in [1.54, 1.807) is 39.0 Å². The number of ether oxygens (including phenoxy) is 2. The van der Waals surface area contributed by atoms with Gasteiger partial charge in [-0.05, 0) is 39.3 Å². The molecule has 0 radical (unpaired) electrons. The average molecular weight is 307 g/mol. The third-order valence-corrected chi connectivity index (χ3v) is 3.20. The second-order valence-corrected chi connectivity index (χ2v) is 6.22. The summed E-state index contributed by atoms with van der Waals surface area (Å²) in [6.07, 6.45) is -0.211. The maximum atomic E-state index is 12.5. The molecule has 0 fully saturated rings. The summed E-state index contributed by atoms with van der Waals surface area (Å²) in [6.45, 7) is 5.64. The highest BCUT2D eigenvalue weighted by Crippen LogP contribution is 2.35. The lowest BCUT2D eigenvalue weighted by Gasteiger charge is -2.37. The van der Waals surface area contributed by atoms with Crippen LogP contribution in [0, 0.1) is 0 Å². The molecule has 1 aliphatic rings. The number of benzene rings is 1. The maximum absolute atomic E-state index is 12.5. The second-order valence-electron chi connectivity index (χ2n) is 6.22. The number of hydrogen-bond acceptors (Lipinski definition) is 4. The van der Waals surface area contributed by atoms with E-state index in [0.29, 0.717) is 17.9 Å². The van der Waals surface area contributed by atoms with E-state index < -0.39 is 17.7 Å². The van der Waals surface area contributed by atoms with Gasteiger partial charge < -0.3 is 14.6 Å². The molecule has 22 heavy (non-hydrogen) atoms. The quantitative estimate of drug-likeness (QED) is 0.928. The number of para-hydroxylation sites is 2. The Balaban J connectivity index is 2.27. The van der Waals surface area contributed by atoms with Crippen molar-refractivity contribution in [2.45, 2.75) is 45.3 Å². The molecule has 1 N–H and O–H groups in total. The van der Waals surface area contributed by atoms with Crippen molar-refractivity contribution in [1.82, 2.24) is 0 Å². The highest BCUT2D eigenvalue weighted by atomic mass is 16.6. The number of aliphatic carboxylic acids is 1. The highest BCUT2D eigenvalue weighted by molar-refractivity contribution is 5.91. The van der Waals surface area contributed by atoms with Crippen LogP contribution >= 0.6 is 0 Å². The van der Waals surface area contributed by atoms with Gasteiger partial charge in [-0.2, -0.15) is 0 Å². The van der Waals surface area contributed by atoms with Gasteiger partial charge in [-0.1, -0.05) is 12.1 Å². The summed E-state index contributed by atoms with van der Waals surface area (Å²) >= 11 is 0. The van der Waals surface area contributed by atoms with E-state index in [0.717, 1.165) is 0 Å². The van der Waals surface area contributed by atoms with Crippen LogP contribution in [0.3, 0.4) is 0 Å². The maximum Gasteiger partial charge on any atom is 0.415 e. The number of anilines is 1. The van der Waals surface area contributed by atoms with Crippen molar-refractivity contribution in [1.29, 1.82) is 0 Å². The van der Waals surface area contributed by atoms with Crippen LogP contribution in [0.1, 0.15) is 33.6 Å². The molecule has 0 bridgehead atoms. The Hall–Kier alpha value is -2.24. The molecular weight excluding hydrogens is 286 g/mol. The fraction of sp³-hybridized carbons (Fsp3) is 0.500. The van der Waals surface area contributed by atoms with E-state index in [9.17, 15) is 9.59 Å². The van der Waals surface area contributed by atoms with Gasteiger partial charge in [0.25, 0.3) is 0 Å². The zero-order valence-electron chi connectivity index (χ0n) is 13.0. The van der Waals surface area contributed by atoms with Gasteiger partial charge in [0, 0.05) is 6.42 Å². The van der Waals surface area contributed by atoms with Crippen molar-refractivity contribution in [2.24, 2.45) is 0 Å². The number of fused-ring (bicyclic) bond motifs is 1. The molecule has 0 saturated carbocycles. The van der Waals surface area contributed by atoms with Gasteiger partial charge in [0.15, 0.2) is 0 Å². The lowest BCUT2D eigenvalue weighted by molar-refractivity contribution is -0.137. The zero-order chi connectivity index (χ0) is 16.3. The monoisotopic (exact) mass is 307 g/mol. The number of nitrogens with zero attached hydrogens (tertiary/aromatic N) is 1. The van der Waals surface area contributed by atoms with Crippen molar-refractivity contribution in [2.75, 3.05) is 11.5 Å². The average Bonchev–Trinajstić information content (AvgIpc) is 2.42. The first-order valence-electron chi connectivity index (χ1n) is 7.24. The first-order chi connectivity index (χ1) is 10.3. The van der Waals surface area contributed by atoms with Gasteiger partial charge in [-0.15, -0.1) is 0 Å². The topological polar surface area (TPSA) is 76.1 Å². The molecule has 6 heteroatoms. The van der Waals surface area contributed by atoms with E-state index in [-0.39, 0.29) is 19.1 Å². The smallest absolute Gasteiger partial charge is 0.415 e.